The normalized spacial score (nSPS) is 10.4. The lowest BCUT2D eigenvalue weighted by atomic mass is 10.2. The molecule has 6 heteroatoms. The quantitative estimate of drug-likeness (QED) is 0.898. The van der Waals surface area contributed by atoms with Gasteiger partial charge in [0.2, 0.25) is 5.91 Å². The number of thiophene rings is 1. The Labute approximate surface area is 113 Å². The molecule has 19 heavy (non-hydrogen) atoms. The number of nitrogens with one attached hydrogen (secondary N) is 2. The Bertz CT molecular complexity index is 624. The Balaban J connectivity index is 2.09. The molecule has 2 amide bonds. The van der Waals surface area contributed by atoms with Crippen LogP contribution < -0.4 is 10.6 Å². The molecule has 1 heterocycles. The van der Waals surface area contributed by atoms with Crippen molar-refractivity contribution < 1.29 is 14.0 Å². The van der Waals surface area contributed by atoms with Crippen LogP contribution in [0.5, 0.6) is 0 Å². The minimum atomic E-state index is -0.369. The lowest BCUT2D eigenvalue weighted by Gasteiger charge is -2.03. The average Bonchev–Trinajstić information content (AvgIpc) is 2.82. The maximum Gasteiger partial charge on any atom is 0.261 e. The molecule has 100 valence electrons. The molecule has 0 atom stereocenters. The highest BCUT2D eigenvalue weighted by Crippen LogP contribution is 2.27. The second-order valence-corrected chi connectivity index (χ2v) is 4.98. The number of benzene rings is 1. The molecule has 2 N–H and O–H groups in total. The van der Waals surface area contributed by atoms with Gasteiger partial charge in [-0.05, 0) is 25.1 Å². The summed E-state index contributed by atoms with van der Waals surface area (Å²) >= 11 is 1.20. The fraction of sp³-hybridized carbons (Fsp3) is 0.231. The van der Waals surface area contributed by atoms with Gasteiger partial charge in [-0.2, -0.15) is 0 Å². The largest absolute Gasteiger partial charge is 0.355 e. The van der Waals surface area contributed by atoms with Crippen LogP contribution in [0, 0.1) is 5.82 Å². The van der Waals surface area contributed by atoms with Crippen molar-refractivity contribution >= 4 is 33.2 Å². The van der Waals surface area contributed by atoms with Crippen molar-refractivity contribution in [2.45, 2.75) is 6.92 Å². The zero-order chi connectivity index (χ0) is 13.8. The van der Waals surface area contributed by atoms with Gasteiger partial charge in [-0.25, -0.2) is 4.39 Å². The van der Waals surface area contributed by atoms with E-state index >= 15 is 0 Å². The smallest absolute Gasteiger partial charge is 0.261 e. The van der Waals surface area contributed by atoms with Crippen LogP contribution in [-0.2, 0) is 4.79 Å². The van der Waals surface area contributed by atoms with Gasteiger partial charge in [-0.15, -0.1) is 11.3 Å². The summed E-state index contributed by atoms with van der Waals surface area (Å²) in [5, 5.41) is 5.51. The number of rotatable bonds is 4. The molecule has 4 nitrogen and oxygen atoms in total. The second-order valence-electron chi connectivity index (χ2n) is 3.90. The van der Waals surface area contributed by atoms with E-state index in [1.807, 2.05) is 0 Å². The molecule has 0 spiro atoms. The molecule has 1 aromatic heterocycles. The molecule has 0 radical (unpaired) electrons. The third kappa shape index (κ3) is 3.08. The molecule has 0 saturated carbocycles. The van der Waals surface area contributed by atoms with Crippen LogP contribution in [0.15, 0.2) is 24.3 Å². The Morgan fingerprint density at radius 2 is 2.11 bits per heavy atom. The Hall–Kier alpha value is -1.95. The highest BCUT2D eigenvalue weighted by Gasteiger charge is 2.13. The third-order valence-corrected chi connectivity index (χ3v) is 3.61. The van der Waals surface area contributed by atoms with E-state index in [-0.39, 0.29) is 24.2 Å². The fourth-order valence-electron chi connectivity index (χ4n) is 1.64. The maximum absolute atomic E-state index is 13.5. The molecular weight excluding hydrogens is 267 g/mol. The molecule has 1 aromatic carbocycles. The third-order valence-electron chi connectivity index (χ3n) is 2.52. The van der Waals surface area contributed by atoms with E-state index in [4.69, 9.17) is 0 Å². The van der Waals surface area contributed by atoms with E-state index in [0.29, 0.717) is 21.5 Å². The van der Waals surface area contributed by atoms with Gasteiger partial charge in [0.25, 0.3) is 5.91 Å². The number of carbonyl (C=O) groups excluding carboxylic acids is 2. The van der Waals surface area contributed by atoms with Crippen LogP contribution in [0.3, 0.4) is 0 Å². The van der Waals surface area contributed by atoms with Crippen molar-refractivity contribution in [3.8, 4) is 0 Å². The Morgan fingerprint density at radius 1 is 1.32 bits per heavy atom. The van der Waals surface area contributed by atoms with Gasteiger partial charge in [0.05, 0.1) is 11.4 Å². The Morgan fingerprint density at radius 3 is 2.79 bits per heavy atom. The summed E-state index contributed by atoms with van der Waals surface area (Å²) in [4.78, 5) is 23.4. The van der Waals surface area contributed by atoms with E-state index in [1.165, 1.54) is 23.5 Å². The van der Waals surface area contributed by atoms with E-state index in [9.17, 15) is 14.0 Å². The number of hydrogen-bond acceptors (Lipinski definition) is 3. The maximum atomic E-state index is 13.5. The minimum Gasteiger partial charge on any atom is -0.355 e. The van der Waals surface area contributed by atoms with Gasteiger partial charge >= 0.3 is 0 Å². The van der Waals surface area contributed by atoms with Crippen molar-refractivity contribution in [1.82, 2.24) is 10.6 Å². The summed E-state index contributed by atoms with van der Waals surface area (Å²) in [6.45, 7) is 2.24. The summed E-state index contributed by atoms with van der Waals surface area (Å²) in [6, 6.07) is 6.21. The molecule has 2 rings (SSSR count). The van der Waals surface area contributed by atoms with Gasteiger partial charge in [-0.3, -0.25) is 9.59 Å². The Kier molecular flexibility index (Phi) is 4.11. The van der Waals surface area contributed by atoms with E-state index < -0.39 is 0 Å². The number of halogens is 1. The van der Waals surface area contributed by atoms with Crippen LogP contribution in [0.2, 0.25) is 0 Å². The van der Waals surface area contributed by atoms with Crippen molar-refractivity contribution in [2.75, 3.05) is 13.1 Å². The van der Waals surface area contributed by atoms with E-state index in [1.54, 1.807) is 19.1 Å². The molecule has 0 unspecified atom stereocenters. The minimum absolute atomic E-state index is 0.0800. The van der Waals surface area contributed by atoms with Gasteiger partial charge in [0, 0.05) is 16.6 Å². The highest BCUT2D eigenvalue weighted by atomic mass is 32.1. The lowest BCUT2D eigenvalue weighted by molar-refractivity contribution is -0.120. The average molecular weight is 280 g/mol. The van der Waals surface area contributed by atoms with Crippen LogP contribution in [0.4, 0.5) is 4.39 Å². The summed E-state index contributed by atoms with van der Waals surface area (Å²) in [6.07, 6.45) is 0. The van der Waals surface area contributed by atoms with Crippen LogP contribution in [0.1, 0.15) is 16.6 Å². The van der Waals surface area contributed by atoms with E-state index in [2.05, 4.69) is 10.6 Å². The van der Waals surface area contributed by atoms with Gasteiger partial charge in [-0.1, -0.05) is 6.07 Å². The SMILES string of the molecule is CCNC(=O)CNC(=O)c1cc2c(F)cccc2s1. The summed E-state index contributed by atoms with van der Waals surface area (Å²) in [5.41, 5.74) is 0. The van der Waals surface area contributed by atoms with Crippen molar-refractivity contribution in [1.29, 1.82) is 0 Å². The van der Waals surface area contributed by atoms with Gasteiger partial charge in [0.1, 0.15) is 5.82 Å². The first-order chi connectivity index (χ1) is 9.11. The standard InChI is InChI=1S/C13H13FN2O2S/c1-2-15-12(17)7-16-13(18)11-6-8-9(14)4-3-5-10(8)19-11/h3-6H,2,7H2,1H3,(H,15,17)(H,16,18). The number of carbonyl (C=O) groups is 2. The highest BCUT2D eigenvalue weighted by molar-refractivity contribution is 7.20. The van der Waals surface area contributed by atoms with Gasteiger partial charge in [0.15, 0.2) is 0 Å². The van der Waals surface area contributed by atoms with Crippen molar-refractivity contribution in [2.24, 2.45) is 0 Å². The summed E-state index contributed by atoms with van der Waals surface area (Å²) in [7, 11) is 0. The molecule has 0 aliphatic carbocycles. The molecule has 0 aliphatic rings. The topological polar surface area (TPSA) is 58.2 Å². The van der Waals surface area contributed by atoms with Crippen LogP contribution in [-0.4, -0.2) is 24.9 Å². The molecule has 2 aromatic rings. The monoisotopic (exact) mass is 280 g/mol. The molecule has 0 bridgehead atoms. The first-order valence-electron chi connectivity index (χ1n) is 5.84. The summed E-state index contributed by atoms with van der Waals surface area (Å²) < 4.78 is 14.2. The van der Waals surface area contributed by atoms with Crippen LogP contribution >= 0.6 is 11.3 Å². The van der Waals surface area contributed by atoms with Gasteiger partial charge < -0.3 is 10.6 Å². The zero-order valence-corrected chi connectivity index (χ0v) is 11.1. The van der Waals surface area contributed by atoms with E-state index in [0.717, 1.165) is 0 Å². The van der Waals surface area contributed by atoms with Crippen molar-refractivity contribution in [3.05, 3.63) is 35.0 Å². The number of fused-ring (bicyclic) bond motifs is 1. The lowest BCUT2D eigenvalue weighted by Crippen LogP contribution is -2.36. The second kappa shape index (κ2) is 5.79. The first-order valence-corrected chi connectivity index (χ1v) is 6.66. The number of amides is 2. The predicted molar refractivity (Wildman–Crippen MR) is 72.8 cm³/mol. The predicted octanol–water partition coefficient (Wildman–Crippen LogP) is 1.91. The van der Waals surface area contributed by atoms with Crippen molar-refractivity contribution in [3.63, 3.8) is 0 Å². The first kappa shape index (κ1) is 13.5. The molecule has 0 fully saturated rings. The number of likely N-dealkylation sites (N-methyl/N-ethyl adjacent to an activating group) is 1. The number of hydrogen-bond donors (Lipinski definition) is 2. The fourth-order valence-corrected chi connectivity index (χ4v) is 2.64. The zero-order valence-electron chi connectivity index (χ0n) is 10.3. The molecular formula is C13H13FN2O2S. The molecule has 0 aliphatic heterocycles. The van der Waals surface area contributed by atoms with Crippen LogP contribution in [0.25, 0.3) is 10.1 Å². The summed E-state index contributed by atoms with van der Waals surface area (Å²) in [5.74, 6) is -0.966. The molecule has 0 saturated heterocycles.